The van der Waals surface area contributed by atoms with Crippen LogP contribution < -0.4 is 5.32 Å². The van der Waals surface area contributed by atoms with Crippen LogP contribution in [0.4, 0.5) is 11.4 Å². The third-order valence-electron chi connectivity index (χ3n) is 2.80. The molecule has 2 rings (SSSR count). The summed E-state index contributed by atoms with van der Waals surface area (Å²) in [5.74, 6) is -0.959. The molecule has 0 atom stereocenters. The summed E-state index contributed by atoms with van der Waals surface area (Å²) in [6, 6.07) is 14.1. The monoisotopic (exact) mass is 252 g/mol. The van der Waals surface area contributed by atoms with Crippen molar-refractivity contribution in [3.05, 3.63) is 59.2 Å². The minimum absolute atomic E-state index is 0.232. The summed E-state index contributed by atoms with van der Waals surface area (Å²) >= 11 is 0. The molecule has 4 nitrogen and oxygen atoms in total. The van der Waals surface area contributed by atoms with E-state index in [9.17, 15) is 4.79 Å². The van der Waals surface area contributed by atoms with Crippen LogP contribution >= 0.6 is 0 Å². The molecule has 0 aliphatic heterocycles. The number of carbonyl (C=O) groups is 1. The molecule has 0 radical (unpaired) electrons. The van der Waals surface area contributed by atoms with Crippen molar-refractivity contribution < 1.29 is 9.90 Å². The van der Waals surface area contributed by atoms with Crippen LogP contribution in [0.15, 0.2) is 42.5 Å². The summed E-state index contributed by atoms with van der Waals surface area (Å²) < 4.78 is 0. The third-order valence-corrected chi connectivity index (χ3v) is 2.80. The number of aromatic carboxylic acids is 1. The highest BCUT2D eigenvalue weighted by Crippen LogP contribution is 2.23. The topological polar surface area (TPSA) is 73.1 Å². The molecule has 0 bridgehead atoms. The van der Waals surface area contributed by atoms with Gasteiger partial charge >= 0.3 is 5.97 Å². The average molecular weight is 252 g/mol. The average Bonchev–Trinajstić information content (AvgIpc) is 2.39. The number of carboxylic acids is 1. The lowest BCUT2D eigenvalue weighted by Gasteiger charge is -2.10. The Hall–Kier alpha value is -2.80. The highest BCUT2D eigenvalue weighted by atomic mass is 16.4. The Morgan fingerprint density at radius 1 is 1.21 bits per heavy atom. The molecule has 0 spiro atoms. The molecule has 0 aromatic heterocycles. The smallest absolute Gasteiger partial charge is 0.335 e. The van der Waals surface area contributed by atoms with Gasteiger partial charge in [-0.1, -0.05) is 12.1 Å². The summed E-state index contributed by atoms with van der Waals surface area (Å²) in [5.41, 5.74) is 3.17. The van der Waals surface area contributed by atoms with Crippen LogP contribution in [-0.2, 0) is 0 Å². The van der Waals surface area contributed by atoms with Gasteiger partial charge in [-0.15, -0.1) is 0 Å². The summed E-state index contributed by atoms with van der Waals surface area (Å²) in [6.45, 7) is 1.87. The first kappa shape index (κ1) is 12.7. The molecule has 94 valence electrons. The molecule has 0 saturated heterocycles. The van der Waals surface area contributed by atoms with Crippen molar-refractivity contribution in [3.63, 3.8) is 0 Å². The van der Waals surface area contributed by atoms with Crippen LogP contribution in [0.1, 0.15) is 21.5 Å². The fraction of sp³-hybridized carbons (Fsp3) is 0.0667. The standard InChI is InChI=1S/C15H12N2O2/c1-10-3-2-4-14(13(10)9-16)17-12-7-5-11(6-8-12)15(18)19/h2-8,17H,1H3,(H,18,19). The lowest BCUT2D eigenvalue weighted by Crippen LogP contribution is -1.98. The number of carboxylic acid groups (broad SMARTS) is 1. The molecule has 19 heavy (non-hydrogen) atoms. The number of benzene rings is 2. The van der Waals surface area contributed by atoms with Crippen molar-refractivity contribution in [3.8, 4) is 6.07 Å². The number of nitrogens with zero attached hydrogens (tertiary/aromatic N) is 1. The van der Waals surface area contributed by atoms with Crippen LogP contribution in [-0.4, -0.2) is 11.1 Å². The van der Waals surface area contributed by atoms with Crippen LogP contribution in [0.25, 0.3) is 0 Å². The zero-order valence-electron chi connectivity index (χ0n) is 10.3. The maximum atomic E-state index is 10.8. The molecule has 2 aromatic rings. The first-order valence-electron chi connectivity index (χ1n) is 5.72. The predicted molar refractivity (Wildman–Crippen MR) is 72.6 cm³/mol. The summed E-state index contributed by atoms with van der Waals surface area (Å²) in [4.78, 5) is 10.8. The van der Waals surface area contributed by atoms with Gasteiger partial charge in [-0.2, -0.15) is 5.26 Å². The van der Waals surface area contributed by atoms with Crippen molar-refractivity contribution >= 4 is 17.3 Å². The second-order valence-corrected chi connectivity index (χ2v) is 4.12. The molecule has 2 N–H and O–H groups in total. The van der Waals surface area contributed by atoms with Gasteiger partial charge in [0.2, 0.25) is 0 Å². The second-order valence-electron chi connectivity index (χ2n) is 4.12. The normalized spacial score (nSPS) is 9.68. The van der Waals surface area contributed by atoms with E-state index < -0.39 is 5.97 Å². The molecule has 2 aromatic carbocycles. The molecule has 0 aliphatic carbocycles. The van der Waals surface area contributed by atoms with E-state index in [4.69, 9.17) is 10.4 Å². The van der Waals surface area contributed by atoms with E-state index in [-0.39, 0.29) is 5.56 Å². The molecule has 0 fully saturated rings. The highest BCUT2D eigenvalue weighted by Gasteiger charge is 2.06. The van der Waals surface area contributed by atoms with Gasteiger partial charge in [-0.3, -0.25) is 0 Å². The number of hydrogen-bond donors (Lipinski definition) is 2. The molecule has 0 unspecified atom stereocenters. The number of rotatable bonds is 3. The number of nitrogens with one attached hydrogen (secondary N) is 1. The Kier molecular flexibility index (Phi) is 3.48. The minimum Gasteiger partial charge on any atom is -0.478 e. The van der Waals surface area contributed by atoms with E-state index in [0.717, 1.165) is 11.3 Å². The van der Waals surface area contributed by atoms with Crippen LogP contribution in [0, 0.1) is 18.3 Å². The Balaban J connectivity index is 2.29. The molecule has 0 saturated carbocycles. The maximum Gasteiger partial charge on any atom is 0.335 e. The Morgan fingerprint density at radius 2 is 1.89 bits per heavy atom. The van der Waals surface area contributed by atoms with E-state index in [1.54, 1.807) is 12.1 Å². The van der Waals surface area contributed by atoms with Gasteiger partial charge in [-0.25, -0.2) is 4.79 Å². The zero-order valence-corrected chi connectivity index (χ0v) is 10.3. The van der Waals surface area contributed by atoms with E-state index in [1.807, 2.05) is 25.1 Å². The van der Waals surface area contributed by atoms with Crippen molar-refractivity contribution in [2.45, 2.75) is 6.92 Å². The molecular weight excluding hydrogens is 240 g/mol. The summed E-state index contributed by atoms with van der Waals surface area (Å²) in [6.07, 6.45) is 0. The maximum absolute atomic E-state index is 10.8. The molecule has 0 heterocycles. The van der Waals surface area contributed by atoms with Gasteiger partial charge in [0.05, 0.1) is 16.8 Å². The quantitative estimate of drug-likeness (QED) is 0.878. The van der Waals surface area contributed by atoms with Gasteiger partial charge in [0.15, 0.2) is 0 Å². The van der Waals surface area contributed by atoms with Crippen molar-refractivity contribution in [1.82, 2.24) is 0 Å². The van der Waals surface area contributed by atoms with Gasteiger partial charge in [0, 0.05) is 5.69 Å². The van der Waals surface area contributed by atoms with Crippen molar-refractivity contribution in [2.24, 2.45) is 0 Å². The molecule has 4 heteroatoms. The molecular formula is C15H12N2O2. The SMILES string of the molecule is Cc1cccc(Nc2ccc(C(=O)O)cc2)c1C#N. The van der Waals surface area contributed by atoms with Gasteiger partial charge in [-0.05, 0) is 42.8 Å². The Labute approximate surface area is 110 Å². The van der Waals surface area contributed by atoms with Crippen molar-refractivity contribution in [1.29, 1.82) is 5.26 Å². The van der Waals surface area contributed by atoms with Crippen molar-refractivity contribution in [2.75, 3.05) is 5.32 Å². The number of aryl methyl sites for hydroxylation is 1. The third kappa shape index (κ3) is 2.72. The van der Waals surface area contributed by atoms with E-state index in [2.05, 4.69) is 11.4 Å². The predicted octanol–water partition coefficient (Wildman–Crippen LogP) is 3.31. The number of anilines is 2. The number of nitriles is 1. The largest absolute Gasteiger partial charge is 0.478 e. The van der Waals surface area contributed by atoms with Gasteiger partial charge < -0.3 is 10.4 Å². The molecule has 0 amide bonds. The van der Waals surface area contributed by atoms with E-state index in [0.29, 0.717) is 11.3 Å². The second kappa shape index (κ2) is 5.23. The fourth-order valence-electron chi connectivity index (χ4n) is 1.77. The van der Waals surface area contributed by atoms with Gasteiger partial charge in [0.25, 0.3) is 0 Å². The fourth-order valence-corrected chi connectivity index (χ4v) is 1.77. The molecule has 0 aliphatic rings. The van der Waals surface area contributed by atoms with E-state index in [1.165, 1.54) is 12.1 Å². The summed E-state index contributed by atoms with van der Waals surface area (Å²) in [5, 5.41) is 21.1. The number of hydrogen-bond acceptors (Lipinski definition) is 3. The van der Waals surface area contributed by atoms with Gasteiger partial charge in [0.1, 0.15) is 6.07 Å². The zero-order chi connectivity index (χ0) is 13.8. The Morgan fingerprint density at radius 3 is 2.47 bits per heavy atom. The van der Waals surface area contributed by atoms with Crippen LogP contribution in [0.2, 0.25) is 0 Å². The lowest BCUT2D eigenvalue weighted by atomic mass is 10.1. The van der Waals surface area contributed by atoms with Crippen LogP contribution in [0.5, 0.6) is 0 Å². The first-order chi connectivity index (χ1) is 9.11. The van der Waals surface area contributed by atoms with Crippen LogP contribution in [0.3, 0.4) is 0 Å². The lowest BCUT2D eigenvalue weighted by molar-refractivity contribution is 0.0697. The minimum atomic E-state index is -0.959. The van der Waals surface area contributed by atoms with E-state index >= 15 is 0 Å². The highest BCUT2D eigenvalue weighted by molar-refractivity contribution is 5.88. The first-order valence-corrected chi connectivity index (χ1v) is 5.72. The summed E-state index contributed by atoms with van der Waals surface area (Å²) in [7, 11) is 0. The Bertz CT molecular complexity index is 655.